The Morgan fingerprint density at radius 1 is 1.07 bits per heavy atom. The minimum Gasteiger partial charge on any atom is -0.418 e. The molecule has 0 saturated heterocycles. The SMILES string of the molecule is F[B-](F)(F)F.N#[NH+].NCc1ccccc1. The molecule has 0 amide bonds. The molecule has 8 heteroatoms. The van der Waals surface area contributed by atoms with Gasteiger partial charge in [-0.25, -0.2) is 0 Å². The molecule has 0 spiro atoms. The number of nitrogens with two attached hydrogens (primary N) is 1. The van der Waals surface area contributed by atoms with E-state index in [4.69, 9.17) is 16.5 Å². The van der Waals surface area contributed by atoms with Gasteiger partial charge in [-0.05, 0) is 5.56 Å². The van der Waals surface area contributed by atoms with Gasteiger partial charge in [0.2, 0.25) is 5.39 Å². The van der Waals surface area contributed by atoms with Gasteiger partial charge in [0, 0.05) is 6.54 Å². The lowest BCUT2D eigenvalue weighted by molar-refractivity contribution is -0.175. The second kappa shape index (κ2) is 8.96. The predicted molar refractivity (Wildman–Crippen MR) is 47.2 cm³/mol. The molecule has 84 valence electrons. The molecule has 0 aliphatic carbocycles. The van der Waals surface area contributed by atoms with Crippen LogP contribution in [0.5, 0.6) is 0 Å². The van der Waals surface area contributed by atoms with E-state index in [2.05, 4.69) is 0 Å². The van der Waals surface area contributed by atoms with Gasteiger partial charge in [-0.15, -0.1) is 0 Å². The zero-order valence-corrected chi connectivity index (χ0v) is 7.71. The molecule has 1 rings (SSSR count). The Labute approximate surface area is 84.4 Å². The van der Waals surface area contributed by atoms with Crippen LogP contribution in [0.4, 0.5) is 17.3 Å². The van der Waals surface area contributed by atoms with Crippen molar-refractivity contribution in [3.05, 3.63) is 35.9 Å². The van der Waals surface area contributed by atoms with Crippen LogP contribution in [-0.2, 0) is 6.54 Å². The summed E-state index contributed by atoms with van der Waals surface area (Å²) in [5.41, 5.74) is 6.54. The number of nitrogens with one attached hydrogen (secondary N) is 1. The van der Waals surface area contributed by atoms with Gasteiger partial charge in [0.25, 0.3) is 0 Å². The fourth-order valence-electron chi connectivity index (χ4n) is 0.614. The van der Waals surface area contributed by atoms with Gasteiger partial charge in [-0.3, -0.25) is 0 Å². The number of halogens is 4. The molecule has 0 aliphatic heterocycles. The standard InChI is InChI=1S/C7H9N.BF4.N2/c8-6-7-4-2-1-3-5-7;2-1(3,4)5;1-2/h1-5H,6,8H2;;/q;-1;/p+1. The second-order valence-electron chi connectivity index (χ2n) is 2.18. The molecular weight excluding hydrogens is 213 g/mol. The summed E-state index contributed by atoms with van der Waals surface area (Å²) in [4.78, 5) is 0. The van der Waals surface area contributed by atoms with Crippen molar-refractivity contribution in [1.82, 2.24) is 0 Å². The Hall–Kier alpha value is -1.62. The van der Waals surface area contributed by atoms with Gasteiger partial charge in [-0.2, -0.15) is 0 Å². The zero-order valence-electron chi connectivity index (χ0n) is 7.71. The van der Waals surface area contributed by atoms with Crippen molar-refractivity contribution in [1.29, 1.82) is 5.39 Å². The summed E-state index contributed by atoms with van der Waals surface area (Å²) < 4.78 is 39.0. The number of rotatable bonds is 1. The monoisotopic (exact) mass is 223 g/mol. The maximum Gasteiger partial charge on any atom is 0.673 e. The number of hydrogen-bond acceptors (Lipinski definition) is 2. The summed E-state index contributed by atoms with van der Waals surface area (Å²) in [7, 11) is -6.00. The van der Waals surface area contributed by atoms with E-state index in [0.29, 0.717) is 6.54 Å². The van der Waals surface area contributed by atoms with Gasteiger partial charge in [0.1, 0.15) is 0 Å². The molecule has 15 heavy (non-hydrogen) atoms. The Balaban J connectivity index is 0. The highest BCUT2D eigenvalue weighted by Crippen LogP contribution is 2.06. The summed E-state index contributed by atoms with van der Waals surface area (Å²) in [6, 6.07) is 9.99. The van der Waals surface area contributed by atoms with Crippen LogP contribution in [0.1, 0.15) is 5.56 Å². The van der Waals surface area contributed by atoms with E-state index in [1.165, 1.54) is 5.56 Å². The lowest BCUT2D eigenvalue weighted by atomic mass is 10.2. The van der Waals surface area contributed by atoms with Crippen LogP contribution in [0.3, 0.4) is 0 Å². The lowest BCUT2D eigenvalue weighted by Crippen LogP contribution is -2.11. The van der Waals surface area contributed by atoms with Crippen LogP contribution in [0.15, 0.2) is 30.3 Å². The van der Waals surface area contributed by atoms with E-state index in [1.807, 2.05) is 30.3 Å². The maximum atomic E-state index is 9.75. The van der Waals surface area contributed by atoms with Crippen LogP contribution in [0.25, 0.3) is 0 Å². The summed E-state index contributed by atoms with van der Waals surface area (Å²) >= 11 is 0. The molecule has 0 heterocycles. The topological polar surface area (TPSA) is 73.6 Å². The number of nitrogens with zero attached hydrogens (tertiary/aromatic N) is 1. The molecule has 0 atom stereocenters. The number of benzene rings is 1. The summed E-state index contributed by atoms with van der Waals surface area (Å²) in [5, 5.41) is 11.0. The Morgan fingerprint density at radius 3 is 1.60 bits per heavy atom. The van der Waals surface area contributed by atoms with Crippen LogP contribution in [0, 0.1) is 5.39 Å². The fourth-order valence-corrected chi connectivity index (χ4v) is 0.614. The smallest absolute Gasteiger partial charge is 0.418 e. The largest absolute Gasteiger partial charge is 0.673 e. The molecule has 0 aliphatic rings. The van der Waals surface area contributed by atoms with E-state index >= 15 is 0 Å². The molecule has 3 N–H and O–H groups in total. The van der Waals surface area contributed by atoms with Crippen molar-refractivity contribution in [3.63, 3.8) is 0 Å². The van der Waals surface area contributed by atoms with Gasteiger partial charge in [0.15, 0.2) is 0 Å². The quantitative estimate of drug-likeness (QED) is 0.418. The number of hydrogen-bond donors (Lipinski definition) is 2. The van der Waals surface area contributed by atoms with Crippen LogP contribution >= 0.6 is 0 Å². The zero-order chi connectivity index (χ0) is 12.3. The molecule has 1 aromatic rings. The first-order valence-corrected chi connectivity index (χ1v) is 3.77. The van der Waals surface area contributed by atoms with E-state index < -0.39 is 7.25 Å². The first kappa shape index (κ1) is 15.8. The van der Waals surface area contributed by atoms with Gasteiger partial charge < -0.3 is 23.0 Å². The molecule has 3 nitrogen and oxygen atoms in total. The molecule has 0 bridgehead atoms. The molecule has 0 fully saturated rings. The molecule has 0 aromatic heterocycles. The molecule has 0 saturated carbocycles. The Bertz CT molecular complexity index is 256. The van der Waals surface area contributed by atoms with Crippen LogP contribution < -0.4 is 11.1 Å². The second-order valence-corrected chi connectivity index (χ2v) is 2.18. The van der Waals surface area contributed by atoms with E-state index in [9.17, 15) is 17.3 Å². The van der Waals surface area contributed by atoms with E-state index in [0.717, 1.165) is 0 Å². The summed E-state index contributed by atoms with van der Waals surface area (Å²) in [5.74, 6) is 0. The first-order chi connectivity index (χ1) is 6.93. The van der Waals surface area contributed by atoms with Crippen LogP contribution in [0.2, 0.25) is 0 Å². The summed E-state index contributed by atoms with van der Waals surface area (Å²) in [6.45, 7) is 0.640. The maximum absolute atomic E-state index is 9.75. The lowest BCUT2D eigenvalue weighted by Gasteiger charge is -1.94. The molecular formula is C7H10BF4N3. The summed E-state index contributed by atoms with van der Waals surface area (Å²) in [6.07, 6.45) is 0. The highest BCUT2D eigenvalue weighted by atomic mass is 19.5. The Kier molecular flexibility index (Phi) is 9.46. The molecule has 1 aromatic carbocycles. The van der Waals surface area contributed by atoms with Gasteiger partial charge in [0.05, 0.1) is 5.39 Å². The van der Waals surface area contributed by atoms with Crippen molar-refractivity contribution in [2.75, 3.05) is 0 Å². The average Bonchev–Trinajstić information content (AvgIpc) is 2.20. The predicted octanol–water partition coefficient (Wildman–Crippen LogP) is 0.725. The van der Waals surface area contributed by atoms with Gasteiger partial charge >= 0.3 is 7.25 Å². The fraction of sp³-hybridized carbons (Fsp3) is 0.143. The van der Waals surface area contributed by atoms with E-state index in [1.54, 1.807) is 0 Å². The third kappa shape index (κ3) is 19.0. The van der Waals surface area contributed by atoms with Gasteiger partial charge in [-0.1, -0.05) is 30.3 Å². The van der Waals surface area contributed by atoms with Crippen molar-refractivity contribution in [2.24, 2.45) is 5.73 Å². The Morgan fingerprint density at radius 2 is 1.40 bits per heavy atom. The molecule has 0 unspecified atom stereocenters. The normalized spacial score (nSPS) is 9.00. The molecule has 0 radical (unpaired) electrons. The number of diazo groups is 1. The van der Waals surface area contributed by atoms with Crippen molar-refractivity contribution in [3.8, 4) is 0 Å². The van der Waals surface area contributed by atoms with Crippen molar-refractivity contribution >= 4 is 7.25 Å². The minimum atomic E-state index is -6.00. The average molecular weight is 223 g/mol. The van der Waals surface area contributed by atoms with Crippen molar-refractivity contribution in [2.45, 2.75) is 6.54 Å². The van der Waals surface area contributed by atoms with Crippen LogP contribution in [-0.4, -0.2) is 7.25 Å². The third-order valence-electron chi connectivity index (χ3n) is 1.08. The minimum absolute atomic E-state index is 0.640. The highest BCUT2D eigenvalue weighted by molar-refractivity contribution is 6.50. The van der Waals surface area contributed by atoms with Crippen molar-refractivity contribution < 1.29 is 22.7 Å². The first-order valence-electron chi connectivity index (χ1n) is 3.77. The van der Waals surface area contributed by atoms with E-state index in [-0.39, 0.29) is 0 Å². The third-order valence-corrected chi connectivity index (χ3v) is 1.08. The highest BCUT2D eigenvalue weighted by Gasteiger charge is 2.20.